The summed E-state index contributed by atoms with van der Waals surface area (Å²) in [7, 11) is 0. The zero-order valence-corrected chi connectivity index (χ0v) is 17.4. The van der Waals surface area contributed by atoms with Gasteiger partial charge in [-0.1, -0.05) is 55.0 Å². The van der Waals surface area contributed by atoms with Gasteiger partial charge in [-0.3, -0.25) is 9.69 Å². The molecule has 0 aromatic heterocycles. The summed E-state index contributed by atoms with van der Waals surface area (Å²) in [6.07, 6.45) is -5.40. The van der Waals surface area contributed by atoms with Gasteiger partial charge in [0.05, 0.1) is 5.56 Å². The highest BCUT2D eigenvalue weighted by atomic mass is 19.4. The molecule has 1 aliphatic rings. The summed E-state index contributed by atoms with van der Waals surface area (Å²) < 4.78 is 76.2. The lowest BCUT2D eigenvalue weighted by molar-refractivity contribution is -0.275. The molecule has 0 aliphatic carbocycles. The van der Waals surface area contributed by atoms with E-state index in [9.17, 15) is 26.3 Å². The highest BCUT2D eigenvalue weighted by Gasteiger charge is 2.32. The molecule has 0 saturated carbocycles. The smallest absolute Gasteiger partial charge is 0.481 e. The average Bonchev–Trinajstić information content (AvgIpc) is 2.69. The molecule has 0 bridgehead atoms. The van der Waals surface area contributed by atoms with Gasteiger partial charge in [0, 0.05) is 19.0 Å². The predicted molar refractivity (Wildman–Crippen MR) is 107 cm³/mol. The van der Waals surface area contributed by atoms with Crippen molar-refractivity contribution in [3.05, 3.63) is 65.7 Å². The molecule has 10 heteroatoms. The molecule has 4 nitrogen and oxygen atoms in total. The molecule has 1 saturated heterocycles. The van der Waals surface area contributed by atoms with E-state index < -0.39 is 24.1 Å². The zero-order chi connectivity index (χ0) is 24.2. The Bertz CT molecular complexity index is 799. The number of nitrogens with zero attached hydrogens (tertiary/aromatic N) is 1. The summed E-state index contributed by atoms with van der Waals surface area (Å²) in [5.41, 5.74) is -0.00766. The van der Waals surface area contributed by atoms with Crippen molar-refractivity contribution in [3.63, 3.8) is 0 Å². The van der Waals surface area contributed by atoms with Crippen LogP contribution in [-0.4, -0.2) is 35.4 Å². The fourth-order valence-electron chi connectivity index (χ4n) is 2.84. The third-order valence-corrected chi connectivity index (χ3v) is 4.14. The summed E-state index contributed by atoms with van der Waals surface area (Å²) >= 11 is 0. The number of likely N-dealkylation sites (tertiary alicyclic amines) is 1. The molecule has 0 unspecified atom stereocenters. The van der Waals surface area contributed by atoms with Crippen molar-refractivity contribution >= 4 is 5.97 Å². The Labute approximate surface area is 182 Å². The number of hydrogen-bond donors (Lipinski definition) is 1. The topological polar surface area (TPSA) is 49.8 Å². The van der Waals surface area contributed by atoms with Crippen LogP contribution in [0.25, 0.3) is 0 Å². The summed E-state index contributed by atoms with van der Waals surface area (Å²) in [6.45, 7) is 3.49. The standard InChI is InChI=1S/C13H16F3NO.C7H5F3.C2H4O2/c14-13(15,16)18-12-7-3-2-6-11(12)10-17-8-4-1-5-9-17;8-7(9,10)6-4-2-1-3-5-6;1-2(3)4/h2-3,6-7H,1,4-5,8-10H2;1-5H;1H3,(H,3,4). The van der Waals surface area contributed by atoms with E-state index in [0.717, 1.165) is 45.0 Å². The Morgan fingerprint density at radius 1 is 0.906 bits per heavy atom. The third kappa shape index (κ3) is 12.2. The Kier molecular flexibility index (Phi) is 11.0. The Morgan fingerprint density at radius 3 is 1.88 bits per heavy atom. The summed E-state index contributed by atoms with van der Waals surface area (Å²) in [6, 6.07) is 12.7. The predicted octanol–water partition coefficient (Wildman–Crippen LogP) is 6.37. The van der Waals surface area contributed by atoms with E-state index in [0.29, 0.717) is 12.1 Å². The second-order valence-electron chi connectivity index (χ2n) is 6.88. The Balaban J connectivity index is 0.000000307. The van der Waals surface area contributed by atoms with Gasteiger partial charge >= 0.3 is 12.5 Å². The van der Waals surface area contributed by atoms with Gasteiger partial charge in [0.2, 0.25) is 0 Å². The molecule has 2 aromatic rings. The zero-order valence-electron chi connectivity index (χ0n) is 17.4. The lowest BCUT2D eigenvalue weighted by Gasteiger charge is -2.27. The molecular weight excluding hydrogens is 440 g/mol. The van der Waals surface area contributed by atoms with Crippen LogP contribution in [-0.2, 0) is 17.5 Å². The first-order valence-corrected chi connectivity index (χ1v) is 9.76. The number of ether oxygens (including phenoxy) is 1. The van der Waals surface area contributed by atoms with Gasteiger partial charge in [0.15, 0.2) is 0 Å². The molecule has 0 spiro atoms. The summed E-state index contributed by atoms with van der Waals surface area (Å²) in [5.74, 6) is -0.921. The van der Waals surface area contributed by atoms with Crippen molar-refractivity contribution in [2.24, 2.45) is 0 Å². The molecule has 178 valence electrons. The van der Waals surface area contributed by atoms with E-state index in [1.807, 2.05) is 0 Å². The van der Waals surface area contributed by atoms with Crippen LogP contribution in [0.3, 0.4) is 0 Å². The monoisotopic (exact) mass is 465 g/mol. The van der Waals surface area contributed by atoms with Crippen LogP contribution in [0.1, 0.15) is 37.3 Å². The number of hydrogen-bond acceptors (Lipinski definition) is 3. The van der Waals surface area contributed by atoms with Gasteiger partial charge in [-0.25, -0.2) is 0 Å². The minimum Gasteiger partial charge on any atom is -0.481 e. The minimum absolute atomic E-state index is 0.0874. The molecule has 0 atom stereocenters. The van der Waals surface area contributed by atoms with Crippen molar-refractivity contribution in [1.29, 1.82) is 0 Å². The fourth-order valence-corrected chi connectivity index (χ4v) is 2.84. The van der Waals surface area contributed by atoms with Crippen molar-refractivity contribution in [1.82, 2.24) is 4.90 Å². The highest BCUT2D eigenvalue weighted by molar-refractivity contribution is 5.62. The Hall–Kier alpha value is -2.75. The van der Waals surface area contributed by atoms with Gasteiger partial charge in [-0.05, 0) is 32.0 Å². The van der Waals surface area contributed by atoms with Crippen molar-refractivity contribution in [2.75, 3.05) is 13.1 Å². The van der Waals surface area contributed by atoms with Crippen molar-refractivity contribution < 1.29 is 41.0 Å². The number of rotatable bonds is 3. The normalized spacial score (nSPS) is 14.3. The number of piperidine rings is 1. The van der Waals surface area contributed by atoms with Crippen LogP contribution >= 0.6 is 0 Å². The molecule has 0 radical (unpaired) electrons. The molecule has 32 heavy (non-hydrogen) atoms. The molecule has 3 rings (SSSR count). The van der Waals surface area contributed by atoms with E-state index in [4.69, 9.17) is 9.90 Å². The largest absolute Gasteiger partial charge is 0.573 e. The van der Waals surface area contributed by atoms with E-state index in [2.05, 4.69) is 9.64 Å². The van der Waals surface area contributed by atoms with Crippen molar-refractivity contribution in [2.45, 2.75) is 45.3 Å². The number of para-hydroxylation sites is 1. The Morgan fingerprint density at radius 2 is 1.41 bits per heavy atom. The quantitative estimate of drug-likeness (QED) is 0.536. The number of carboxylic acids is 1. The molecular formula is C22H25F6NO3. The van der Waals surface area contributed by atoms with Crippen LogP contribution in [0.4, 0.5) is 26.3 Å². The highest BCUT2D eigenvalue weighted by Crippen LogP contribution is 2.29. The second-order valence-corrected chi connectivity index (χ2v) is 6.88. The maximum atomic E-state index is 12.3. The van der Waals surface area contributed by atoms with E-state index in [-0.39, 0.29) is 5.75 Å². The molecule has 1 fully saturated rings. The van der Waals surface area contributed by atoms with Crippen LogP contribution in [0.15, 0.2) is 54.6 Å². The van der Waals surface area contributed by atoms with Gasteiger partial charge in [0.1, 0.15) is 5.75 Å². The summed E-state index contributed by atoms with van der Waals surface area (Å²) in [5, 5.41) is 7.42. The fraction of sp³-hybridized carbons (Fsp3) is 0.409. The first kappa shape index (κ1) is 27.3. The lowest BCUT2D eigenvalue weighted by atomic mass is 10.1. The maximum absolute atomic E-state index is 12.3. The van der Waals surface area contributed by atoms with Gasteiger partial charge in [0.25, 0.3) is 5.97 Å². The number of halogens is 6. The van der Waals surface area contributed by atoms with Gasteiger partial charge in [-0.2, -0.15) is 13.2 Å². The minimum atomic E-state index is -4.63. The number of benzene rings is 2. The molecule has 2 aromatic carbocycles. The molecule has 1 aliphatic heterocycles. The van der Waals surface area contributed by atoms with E-state index in [1.165, 1.54) is 24.6 Å². The molecule has 0 amide bonds. The second kappa shape index (κ2) is 12.9. The first-order chi connectivity index (χ1) is 14.9. The van der Waals surface area contributed by atoms with Gasteiger partial charge in [-0.15, -0.1) is 13.2 Å². The first-order valence-electron chi connectivity index (χ1n) is 9.76. The number of aliphatic carboxylic acids is 1. The average molecular weight is 465 g/mol. The van der Waals surface area contributed by atoms with E-state index in [1.54, 1.807) is 24.3 Å². The number of alkyl halides is 6. The lowest BCUT2D eigenvalue weighted by Crippen LogP contribution is -2.29. The maximum Gasteiger partial charge on any atom is 0.573 e. The van der Waals surface area contributed by atoms with Crippen LogP contribution < -0.4 is 4.74 Å². The van der Waals surface area contributed by atoms with Gasteiger partial charge < -0.3 is 9.84 Å². The van der Waals surface area contributed by atoms with Crippen LogP contribution in [0.5, 0.6) is 5.75 Å². The van der Waals surface area contributed by atoms with Crippen LogP contribution in [0, 0.1) is 0 Å². The third-order valence-electron chi connectivity index (χ3n) is 4.14. The molecule has 1 heterocycles. The SMILES string of the molecule is CC(=O)O.FC(F)(F)Oc1ccccc1CN1CCCCC1.FC(F)(F)c1ccccc1. The molecule has 1 N–H and O–H groups in total. The van der Waals surface area contributed by atoms with Crippen LogP contribution in [0.2, 0.25) is 0 Å². The number of carbonyl (C=O) groups is 1. The van der Waals surface area contributed by atoms with Crippen molar-refractivity contribution in [3.8, 4) is 5.75 Å². The summed E-state index contributed by atoms with van der Waals surface area (Å²) in [4.78, 5) is 11.2. The van der Waals surface area contributed by atoms with E-state index >= 15 is 0 Å². The number of carboxylic acid groups (broad SMARTS) is 1.